The zero-order valence-corrected chi connectivity index (χ0v) is 14.0. The lowest BCUT2D eigenvalue weighted by atomic mass is 10.1. The number of hydrogen-bond acceptors (Lipinski definition) is 3. The van der Waals surface area contributed by atoms with E-state index in [9.17, 15) is 21.1 Å². The molecule has 0 aromatic heterocycles. The summed E-state index contributed by atoms with van der Waals surface area (Å²) in [6.07, 6.45) is -1.32. The van der Waals surface area contributed by atoms with E-state index in [2.05, 4.69) is 4.43 Å². The van der Waals surface area contributed by atoms with Crippen LogP contribution in [0, 0.1) is 0 Å². The van der Waals surface area contributed by atoms with Gasteiger partial charge in [-0.2, -0.15) is 0 Å². The van der Waals surface area contributed by atoms with Crippen molar-refractivity contribution < 1.29 is 35.0 Å². The first-order chi connectivity index (χ1) is 10.5. The summed E-state index contributed by atoms with van der Waals surface area (Å²) < 4.78 is 79.3. The van der Waals surface area contributed by atoms with Crippen LogP contribution in [0.15, 0.2) is 30.3 Å². The van der Waals surface area contributed by atoms with Gasteiger partial charge in [0.1, 0.15) is 6.67 Å². The summed E-state index contributed by atoms with van der Waals surface area (Å²) in [5, 5.41) is 0. The molecule has 1 rings (SSSR count). The van der Waals surface area contributed by atoms with E-state index >= 15 is 0 Å². The maximum Gasteiger partial charge on any atom is 0.806 e. The van der Waals surface area contributed by atoms with E-state index in [1.54, 1.807) is 18.2 Å². The lowest BCUT2D eigenvalue weighted by Crippen LogP contribution is -2.53. The van der Waals surface area contributed by atoms with Gasteiger partial charge in [-0.25, -0.2) is 21.1 Å². The number of hydrogen-bond donors (Lipinski definition) is 0. The third-order valence-corrected chi connectivity index (χ3v) is 3.10. The molecule has 1 aromatic rings. The van der Waals surface area contributed by atoms with Crippen LogP contribution in [-0.4, -0.2) is 33.9 Å². The van der Waals surface area contributed by atoms with E-state index < -0.39 is 40.3 Å². The average molecular weight is 358 g/mol. The molecule has 0 fully saturated rings. The van der Waals surface area contributed by atoms with E-state index in [4.69, 9.17) is 9.47 Å². The maximum atomic E-state index is 13.9. The Morgan fingerprint density at radius 1 is 1.13 bits per heavy atom. The fraction of sp³-hybridized carbons (Fsp3) is 0.571. The van der Waals surface area contributed by atoms with Crippen LogP contribution in [0.4, 0.5) is 21.1 Å². The summed E-state index contributed by atoms with van der Waals surface area (Å²) in [6, 6.07) is 7.85. The molecule has 2 atom stereocenters. The second-order valence-electron chi connectivity index (χ2n) is 5.40. The summed E-state index contributed by atoms with van der Waals surface area (Å²) in [4.78, 5) is 0. The highest BCUT2D eigenvalue weighted by Crippen LogP contribution is 2.34. The molecule has 0 bridgehead atoms. The molecule has 0 spiro atoms. The quantitative estimate of drug-likeness (QED) is 0.284. The highest BCUT2D eigenvalue weighted by Gasteiger charge is 2.55. The Bertz CT molecular complexity index is 481. The number of ether oxygens (including phenoxy) is 2. The Kier molecular flexibility index (Phi) is 6.69. The maximum absolute atomic E-state index is 13.9. The highest BCUT2D eigenvalue weighted by atomic mass is 28.5. The van der Waals surface area contributed by atoms with Crippen LogP contribution in [0.1, 0.15) is 26.3 Å². The lowest BCUT2D eigenvalue weighted by molar-refractivity contribution is -0.417. The van der Waals surface area contributed by atoms with Gasteiger partial charge in [-0.1, -0.05) is 30.3 Å². The molecule has 0 amide bonds. The molecule has 0 aliphatic heterocycles. The second-order valence-corrected chi connectivity index (χ2v) is 6.49. The number of halogens is 5. The third kappa shape index (κ3) is 7.38. The molecule has 0 radical (unpaired) electrons. The van der Waals surface area contributed by atoms with Crippen molar-refractivity contribution in [2.75, 3.05) is 6.67 Å². The average Bonchev–Trinajstić information content (AvgIpc) is 2.35. The molecule has 0 aliphatic rings. The van der Waals surface area contributed by atoms with Crippen molar-refractivity contribution in [3.63, 3.8) is 0 Å². The van der Waals surface area contributed by atoms with Gasteiger partial charge in [0.15, 0.2) is 0 Å². The molecule has 3 nitrogen and oxygen atoms in total. The summed E-state index contributed by atoms with van der Waals surface area (Å²) in [5.41, 5.74) is 0.362. The molecule has 0 heterocycles. The Labute approximate surface area is 133 Å². The van der Waals surface area contributed by atoms with Crippen molar-refractivity contribution in [3.05, 3.63) is 35.9 Å². The minimum absolute atomic E-state index is 0.362. The molecule has 0 aliphatic carbocycles. The number of rotatable bonds is 9. The first kappa shape index (κ1) is 20.0. The van der Waals surface area contributed by atoms with E-state index in [1.807, 2.05) is 0 Å². The summed E-state index contributed by atoms with van der Waals surface area (Å²) in [7, 11) is -6.66. The van der Waals surface area contributed by atoms with Crippen LogP contribution in [0.5, 0.6) is 0 Å². The van der Waals surface area contributed by atoms with Crippen molar-refractivity contribution in [2.24, 2.45) is 0 Å². The van der Waals surface area contributed by atoms with Crippen molar-refractivity contribution in [1.82, 2.24) is 0 Å². The monoisotopic (exact) mass is 358 g/mol. The Balaban J connectivity index is 3.21. The number of benzene rings is 1. The second kappa shape index (κ2) is 7.69. The number of alkyl halides is 2. The van der Waals surface area contributed by atoms with Crippen LogP contribution in [0.3, 0.4) is 0 Å². The van der Waals surface area contributed by atoms with E-state index in [0.29, 0.717) is 12.5 Å². The largest absolute Gasteiger partial charge is 0.806 e. The molecule has 2 unspecified atom stereocenters. The Hall–Kier alpha value is -1.03. The standard InChI is InChI=1S/C14H19F5O3Si/c1-11(2)20-14(22-23(17,18)19,21-13(3,16)10-15)9-12-7-5-4-6-8-12/h4-8,11H,9-10H2,1-3H3. The predicted molar refractivity (Wildman–Crippen MR) is 75.8 cm³/mol. The van der Waals surface area contributed by atoms with Gasteiger partial charge in [-0.15, -0.1) is 0 Å². The van der Waals surface area contributed by atoms with Gasteiger partial charge in [-0.05, 0) is 26.3 Å². The zero-order valence-electron chi connectivity index (χ0n) is 13.0. The molecule has 1 aromatic carbocycles. The summed E-state index contributed by atoms with van der Waals surface area (Å²) >= 11 is 0. The molecule has 9 heteroatoms. The van der Waals surface area contributed by atoms with E-state index in [1.165, 1.54) is 26.0 Å². The van der Waals surface area contributed by atoms with Crippen LogP contribution >= 0.6 is 0 Å². The first-order valence-corrected chi connectivity index (χ1v) is 8.45. The molecule has 0 N–H and O–H groups in total. The topological polar surface area (TPSA) is 27.7 Å². The van der Waals surface area contributed by atoms with Crippen LogP contribution in [-0.2, 0) is 20.3 Å². The molecular formula is C14H19F5O3Si. The van der Waals surface area contributed by atoms with Gasteiger partial charge in [0.05, 0.1) is 12.5 Å². The molecule has 132 valence electrons. The third-order valence-electron chi connectivity index (χ3n) is 2.56. The molecule has 0 saturated carbocycles. The fourth-order valence-electron chi connectivity index (χ4n) is 1.92. The first-order valence-electron chi connectivity index (χ1n) is 6.91. The normalized spacial score (nSPS) is 17.8. The fourth-order valence-corrected chi connectivity index (χ4v) is 2.43. The molecular weight excluding hydrogens is 339 g/mol. The van der Waals surface area contributed by atoms with Crippen molar-refractivity contribution in [2.45, 2.75) is 45.1 Å². The zero-order chi connectivity index (χ0) is 17.7. The minimum atomic E-state index is -6.66. The van der Waals surface area contributed by atoms with Gasteiger partial charge in [0.2, 0.25) is 5.85 Å². The summed E-state index contributed by atoms with van der Waals surface area (Å²) in [6.45, 7) is 1.91. The Morgan fingerprint density at radius 2 is 1.70 bits per heavy atom. The summed E-state index contributed by atoms with van der Waals surface area (Å²) in [5.74, 6) is -5.76. The van der Waals surface area contributed by atoms with E-state index in [0.717, 1.165) is 0 Å². The van der Waals surface area contributed by atoms with Gasteiger partial charge >= 0.3 is 9.32 Å². The smallest absolute Gasteiger partial charge is 0.325 e. The van der Waals surface area contributed by atoms with Crippen molar-refractivity contribution >= 4 is 9.32 Å². The van der Waals surface area contributed by atoms with Crippen LogP contribution in [0.2, 0.25) is 0 Å². The van der Waals surface area contributed by atoms with Gasteiger partial charge in [0, 0.05) is 0 Å². The highest BCUT2D eigenvalue weighted by molar-refractivity contribution is 6.51. The molecule has 23 heavy (non-hydrogen) atoms. The molecule has 0 saturated heterocycles. The SMILES string of the molecule is CC(C)OC(Cc1ccccc1)(OC(C)(F)CF)O[Si](F)(F)F. The van der Waals surface area contributed by atoms with Gasteiger partial charge < -0.3 is 4.74 Å². The minimum Gasteiger partial charge on any atom is -0.325 e. The van der Waals surface area contributed by atoms with Crippen LogP contribution < -0.4 is 0 Å². The Morgan fingerprint density at radius 3 is 2.13 bits per heavy atom. The lowest BCUT2D eigenvalue weighted by Gasteiger charge is -2.38. The van der Waals surface area contributed by atoms with Gasteiger partial charge in [-0.3, -0.25) is 9.16 Å². The van der Waals surface area contributed by atoms with Crippen molar-refractivity contribution in [3.8, 4) is 0 Å². The van der Waals surface area contributed by atoms with Crippen LogP contribution in [0.25, 0.3) is 0 Å². The van der Waals surface area contributed by atoms with Gasteiger partial charge in [0.25, 0.3) is 5.97 Å². The van der Waals surface area contributed by atoms with Crippen molar-refractivity contribution in [1.29, 1.82) is 0 Å². The predicted octanol–water partition coefficient (Wildman–Crippen LogP) is 4.34. The van der Waals surface area contributed by atoms with E-state index in [-0.39, 0.29) is 0 Å².